The third-order valence-electron chi connectivity index (χ3n) is 3.36. The lowest BCUT2D eigenvalue weighted by molar-refractivity contribution is -0.123. The van der Waals surface area contributed by atoms with Gasteiger partial charge in [-0.2, -0.15) is 0 Å². The number of carbonyl (C=O) groups excluding carboxylic acids is 2. The summed E-state index contributed by atoms with van der Waals surface area (Å²) >= 11 is 0. The highest BCUT2D eigenvalue weighted by atomic mass is 19.2. The summed E-state index contributed by atoms with van der Waals surface area (Å²) in [5, 5.41) is 4.86. The highest BCUT2D eigenvalue weighted by Gasteiger charge is 2.22. The Balaban J connectivity index is 2.08. The van der Waals surface area contributed by atoms with Gasteiger partial charge in [0.25, 0.3) is 5.91 Å². The number of benzene rings is 2. The summed E-state index contributed by atoms with van der Waals surface area (Å²) < 4.78 is 44.6. The third-order valence-corrected chi connectivity index (χ3v) is 3.36. The zero-order valence-corrected chi connectivity index (χ0v) is 13.4. The Morgan fingerprint density at radius 1 is 1.00 bits per heavy atom. The predicted molar refractivity (Wildman–Crippen MR) is 85.8 cm³/mol. The van der Waals surface area contributed by atoms with Gasteiger partial charge in [-0.05, 0) is 31.2 Å². The van der Waals surface area contributed by atoms with E-state index in [-0.39, 0.29) is 5.56 Å². The van der Waals surface area contributed by atoms with Gasteiger partial charge < -0.3 is 15.4 Å². The summed E-state index contributed by atoms with van der Waals surface area (Å²) in [4.78, 5) is 24.1. The molecule has 132 valence electrons. The smallest absolute Gasteiger partial charge is 0.341 e. The Morgan fingerprint density at radius 2 is 1.68 bits per heavy atom. The molecule has 1 atom stereocenters. The van der Waals surface area contributed by atoms with Crippen LogP contribution in [0.4, 0.5) is 24.5 Å². The minimum Gasteiger partial charge on any atom is -0.449 e. The largest absolute Gasteiger partial charge is 0.449 e. The Morgan fingerprint density at radius 3 is 2.36 bits per heavy atom. The number of carbonyl (C=O) groups is 2. The molecule has 0 bridgehead atoms. The summed E-state index contributed by atoms with van der Waals surface area (Å²) in [6.07, 6.45) is -1.29. The highest BCUT2D eigenvalue weighted by molar-refractivity contribution is 5.99. The van der Waals surface area contributed by atoms with Crippen LogP contribution in [0.5, 0.6) is 0 Å². The molecule has 25 heavy (non-hydrogen) atoms. The van der Waals surface area contributed by atoms with E-state index in [2.05, 4.69) is 5.32 Å². The average Bonchev–Trinajstić information content (AvgIpc) is 2.61. The van der Waals surface area contributed by atoms with Crippen molar-refractivity contribution in [1.82, 2.24) is 0 Å². The van der Waals surface area contributed by atoms with Gasteiger partial charge >= 0.3 is 5.97 Å². The van der Waals surface area contributed by atoms with Crippen molar-refractivity contribution in [3.05, 3.63) is 59.4 Å². The molecule has 2 aromatic rings. The van der Waals surface area contributed by atoms with Crippen LogP contribution in [-0.4, -0.2) is 25.0 Å². The Bertz CT molecular complexity index is 812. The van der Waals surface area contributed by atoms with Crippen LogP contribution >= 0.6 is 0 Å². The number of hydrogen-bond acceptors (Lipinski definition) is 4. The molecule has 0 aliphatic carbocycles. The van der Waals surface area contributed by atoms with Crippen molar-refractivity contribution in [1.29, 1.82) is 0 Å². The minimum atomic E-state index is -1.70. The van der Waals surface area contributed by atoms with Crippen LogP contribution in [0.15, 0.2) is 36.4 Å². The van der Waals surface area contributed by atoms with E-state index in [1.807, 2.05) is 5.32 Å². The van der Waals surface area contributed by atoms with Crippen LogP contribution in [0.1, 0.15) is 17.3 Å². The lowest BCUT2D eigenvalue weighted by atomic mass is 10.2. The number of nitrogens with one attached hydrogen (secondary N) is 2. The molecule has 2 N–H and O–H groups in total. The first kappa shape index (κ1) is 18.3. The van der Waals surface area contributed by atoms with Crippen LogP contribution in [0.2, 0.25) is 0 Å². The van der Waals surface area contributed by atoms with E-state index in [9.17, 15) is 22.8 Å². The fraction of sp³-hybridized carbons (Fsp3) is 0.176. The molecule has 2 aromatic carbocycles. The van der Waals surface area contributed by atoms with E-state index in [1.165, 1.54) is 13.0 Å². The number of ether oxygens (including phenoxy) is 1. The van der Waals surface area contributed by atoms with Gasteiger partial charge in [0, 0.05) is 12.7 Å². The first-order valence-corrected chi connectivity index (χ1v) is 7.27. The Labute approximate surface area is 141 Å². The van der Waals surface area contributed by atoms with E-state index in [1.54, 1.807) is 25.2 Å². The molecule has 1 unspecified atom stereocenters. The molecule has 0 spiro atoms. The number of rotatable bonds is 5. The first-order chi connectivity index (χ1) is 11.8. The first-order valence-electron chi connectivity index (χ1n) is 7.27. The van der Waals surface area contributed by atoms with E-state index >= 15 is 0 Å². The van der Waals surface area contributed by atoms with Gasteiger partial charge in [-0.15, -0.1) is 0 Å². The number of esters is 1. The lowest BCUT2D eigenvalue weighted by Gasteiger charge is -2.15. The molecule has 1 amide bonds. The van der Waals surface area contributed by atoms with Gasteiger partial charge in [-0.25, -0.2) is 18.0 Å². The maximum Gasteiger partial charge on any atom is 0.341 e. The Hall–Kier alpha value is -3.03. The predicted octanol–water partition coefficient (Wildman–Crippen LogP) is 3.33. The van der Waals surface area contributed by atoms with Crippen molar-refractivity contribution in [3.63, 3.8) is 0 Å². The average molecular weight is 352 g/mol. The summed E-state index contributed by atoms with van der Waals surface area (Å²) in [6.45, 7) is 1.27. The molecule has 8 heteroatoms. The summed E-state index contributed by atoms with van der Waals surface area (Å²) in [6, 6.07) is 8.04. The molecule has 5 nitrogen and oxygen atoms in total. The fourth-order valence-electron chi connectivity index (χ4n) is 2.01. The fourth-order valence-corrected chi connectivity index (χ4v) is 2.01. The molecule has 0 heterocycles. The van der Waals surface area contributed by atoms with Gasteiger partial charge in [-0.1, -0.05) is 12.1 Å². The quantitative estimate of drug-likeness (QED) is 0.640. The minimum absolute atomic E-state index is 0.212. The van der Waals surface area contributed by atoms with E-state index in [0.717, 1.165) is 6.07 Å². The van der Waals surface area contributed by atoms with Crippen LogP contribution < -0.4 is 10.6 Å². The molecule has 0 saturated heterocycles. The Kier molecular flexibility index (Phi) is 5.63. The zero-order chi connectivity index (χ0) is 18.6. The maximum atomic E-state index is 13.6. The van der Waals surface area contributed by atoms with Crippen molar-refractivity contribution in [2.24, 2.45) is 0 Å². The second-order valence-corrected chi connectivity index (χ2v) is 5.06. The van der Waals surface area contributed by atoms with Crippen LogP contribution in [0, 0.1) is 17.5 Å². The number of para-hydroxylation sites is 1. The summed E-state index contributed by atoms with van der Waals surface area (Å²) in [5.74, 6) is -6.27. The van der Waals surface area contributed by atoms with Gasteiger partial charge in [-0.3, -0.25) is 4.79 Å². The summed E-state index contributed by atoms with van der Waals surface area (Å²) in [7, 11) is 1.62. The lowest BCUT2D eigenvalue weighted by Crippen LogP contribution is -2.30. The van der Waals surface area contributed by atoms with Crippen molar-refractivity contribution >= 4 is 23.3 Å². The van der Waals surface area contributed by atoms with Crippen molar-refractivity contribution in [2.45, 2.75) is 13.0 Å². The topological polar surface area (TPSA) is 67.4 Å². The number of halogens is 3. The molecular weight excluding hydrogens is 337 g/mol. The van der Waals surface area contributed by atoms with E-state index in [4.69, 9.17) is 4.74 Å². The van der Waals surface area contributed by atoms with Gasteiger partial charge in [0.15, 0.2) is 23.6 Å². The normalized spacial score (nSPS) is 11.6. The zero-order valence-electron chi connectivity index (χ0n) is 13.4. The highest BCUT2D eigenvalue weighted by Crippen LogP contribution is 2.20. The molecular formula is C17H15F3N2O3. The molecule has 0 aromatic heterocycles. The van der Waals surface area contributed by atoms with Crippen molar-refractivity contribution in [3.8, 4) is 0 Å². The number of hydrogen-bond donors (Lipinski definition) is 2. The monoisotopic (exact) mass is 352 g/mol. The molecule has 0 aliphatic heterocycles. The van der Waals surface area contributed by atoms with Crippen molar-refractivity contribution in [2.75, 3.05) is 17.7 Å². The number of amides is 1. The number of anilines is 2. The molecule has 0 saturated carbocycles. The van der Waals surface area contributed by atoms with Crippen molar-refractivity contribution < 1.29 is 27.5 Å². The molecule has 0 radical (unpaired) electrons. The second kappa shape index (κ2) is 7.69. The third kappa shape index (κ3) is 4.09. The van der Waals surface area contributed by atoms with Crippen LogP contribution in [0.3, 0.4) is 0 Å². The molecule has 2 rings (SSSR count). The molecule has 0 fully saturated rings. The molecule has 0 aliphatic rings. The standard InChI is InChI=1S/C17H15F3N2O3/c1-9(25-17(24)10-5-3-4-6-12(10)21-2)16(23)22-13-8-7-11(18)14(19)15(13)20/h3-9,21H,1-2H3,(H,22,23). The van der Waals surface area contributed by atoms with Crippen LogP contribution in [0.25, 0.3) is 0 Å². The van der Waals surface area contributed by atoms with Gasteiger partial charge in [0.2, 0.25) is 0 Å². The van der Waals surface area contributed by atoms with Crippen LogP contribution in [-0.2, 0) is 9.53 Å². The van der Waals surface area contributed by atoms with Gasteiger partial charge in [0.1, 0.15) is 0 Å². The van der Waals surface area contributed by atoms with E-state index < -0.39 is 41.1 Å². The maximum absolute atomic E-state index is 13.6. The van der Waals surface area contributed by atoms with Gasteiger partial charge in [0.05, 0.1) is 11.3 Å². The second-order valence-electron chi connectivity index (χ2n) is 5.06. The van der Waals surface area contributed by atoms with E-state index in [0.29, 0.717) is 11.8 Å². The SMILES string of the molecule is CNc1ccccc1C(=O)OC(C)C(=O)Nc1ccc(F)c(F)c1F. The summed E-state index contributed by atoms with van der Waals surface area (Å²) in [5.41, 5.74) is 0.165.